The second-order valence-corrected chi connectivity index (χ2v) is 9.94. The summed E-state index contributed by atoms with van der Waals surface area (Å²) in [4.78, 5) is 43.4. The number of carbonyl (C=O) groups is 3. The number of esters is 1. The monoisotopic (exact) mass is 519 g/mol. The van der Waals surface area contributed by atoms with E-state index in [9.17, 15) is 14.4 Å². The van der Waals surface area contributed by atoms with Gasteiger partial charge in [0.25, 0.3) is 0 Å². The van der Waals surface area contributed by atoms with Crippen LogP contribution in [0.2, 0.25) is 0 Å². The minimum absolute atomic E-state index is 0.0709. The standard InChI is InChI=1S/C29H26FNO5S/c1-3-36-29(34)27-19(24-13-8-14-37-24)15-22-26(28(27)33)18(17-9-4-7-12-23(17)35-2)16-25(32)31(22)21-11-6-5-10-20(21)30/h4-14,18-19,27H,3,15-16H2,1-2H3/t18-,19-,27-/m0/s1. The number of allylic oxidation sites excluding steroid dienone is 2. The van der Waals surface area contributed by atoms with Crippen molar-refractivity contribution in [3.63, 3.8) is 0 Å². The van der Waals surface area contributed by atoms with Crippen LogP contribution in [-0.2, 0) is 19.1 Å². The molecule has 0 N–H and O–H groups in total. The molecule has 0 fully saturated rings. The van der Waals surface area contributed by atoms with Crippen molar-refractivity contribution in [2.24, 2.45) is 5.92 Å². The highest BCUT2D eigenvalue weighted by Gasteiger charge is 2.50. The van der Waals surface area contributed by atoms with Crippen molar-refractivity contribution in [1.82, 2.24) is 0 Å². The number of hydrogen-bond donors (Lipinski definition) is 0. The maximum atomic E-state index is 15.0. The molecule has 3 aromatic rings. The van der Waals surface area contributed by atoms with E-state index in [1.807, 2.05) is 35.7 Å². The Bertz CT molecular complexity index is 1380. The Labute approximate surface area is 218 Å². The Kier molecular flexibility index (Phi) is 6.93. The lowest BCUT2D eigenvalue weighted by atomic mass is 9.69. The molecule has 2 aliphatic rings. The van der Waals surface area contributed by atoms with Crippen LogP contribution in [-0.4, -0.2) is 31.4 Å². The average molecular weight is 520 g/mol. The van der Waals surface area contributed by atoms with Gasteiger partial charge in [-0.1, -0.05) is 36.4 Å². The number of halogens is 1. The third kappa shape index (κ3) is 4.35. The first-order chi connectivity index (χ1) is 18.0. The molecular weight excluding hydrogens is 493 g/mol. The molecule has 3 atom stereocenters. The van der Waals surface area contributed by atoms with E-state index < -0.39 is 35.3 Å². The summed E-state index contributed by atoms with van der Waals surface area (Å²) in [6.45, 7) is 1.84. The van der Waals surface area contributed by atoms with Gasteiger partial charge in [-0.15, -0.1) is 11.3 Å². The molecule has 1 aromatic heterocycles. The van der Waals surface area contributed by atoms with Gasteiger partial charge in [0.15, 0.2) is 5.78 Å². The highest BCUT2D eigenvalue weighted by atomic mass is 32.1. The fourth-order valence-electron chi connectivity index (χ4n) is 5.43. The van der Waals surface area contributed by atoms with Crippen LogP contribution in [0.1, 0.15) is 42.0 Å². The number of Topliss-reactive ketones (excluding diaryl/α,β-unsaturated/α-hetero) is 1. The maximum absolute atomic E-state index is 15.0. The van der Waals surface area contributed by atoms with Crippen LogP contribution in [0.15, 0.2) is 77.3 Å². The van der Waals surface area contributed by atoms with Crippen molar-refractivity contribution in [2.45, 2.75) is 31.6 Å². The van der Waals surface area contributed by atoms with Gasteiger partial charge in [-0.25, -0.2) is 4.39 Å². The molecule has 190 valence electrons. The number of thiophene rings is 1. The van der Waals surface area contributed by atoms with E-state index in [1.165, 1.54) is 35.5 Å². The second-order valence-electron chi connectivity index (χ2n) is 8.96. The van der Waals surface area contributed by atoms with Gasteiger partial charge in [0.1, 0.15) is 17.5 Å². The zero-order valence-corrected chi connectivity index (χ0v) is 21.3. The number of rotatable bonds is 6. The molecule has 2 aromatic carbocycles. The first-order valence-corrected chi connectivity index (χ1v) is 13.0. The third-order valence-corrected chi connectivity index (χ3v) is 7.98. The smallest absolute Gasteiger partial charge is 0.317 e. The largest absolute Gasteiger partial charge is 0.496 e. The average Bonchev–Trinajstić information content (AvgIpc) is 3.44. The molecule has 0 unspecified atom stereocenters. The number of ether oxygens (including phenoxy) is 2. The molecule has 37 heavy (non-hydrogen) atoms. The van der Waals surface area contributed by atoms with E-state index in [-0.39, 0.29) is 31.0 Å². The highest BCUT2D eigenvalue weighted by Crippen LogP contribution is 2.51. The van der Waals surface area contributed by atoms with Crippen LogP contribution in [0.25, 0.3) is 0 Å². The van der Waals surface area contributed by atoms with Crippen molar-refractivity contribution < 1.29 is 28.2 Å². The third-order valence-electron chi connectivity index (χ3n) is 6.98. The van der Waals surface area contributed by atoms with Crippen LogP contribution in [0, 0.1) is 11.7 Å². The summed E-state index contributed by atoms with van der Waals surface area (Å²) in [6.07, 6.45) is 0.134. The van der Waals surface area contributed by atoms with Crippen molar-refractivity contribution in [2.75, 3.05) is 18.6 Å². The fraction of sp³-hybridized carbons (Fsp3) is 0.276. The van der Waals surface area contributed by atoms with Crippen LogP contribution in [0.4, 0.5) is 10.1 Å². The Morgan fingerprint density at radius 3 is 2.51 bits per heavy atom. The predicted molar refractivity (Wildman–Crippen MR) is 138 cm³/mol. The zero-order chi connectivity index (χ0) is 26.1. The summed E-state index contributed by atoms with van der Waals surface area (Å²) >= 11 is 1.43. The van der Waals surface area contributed by atoms with Gasteiger partial charge in [0.2, 0.25) is 5.91 Å². The lowest BCUT2D eigenvalue weighted by molar-refractivity contribution is -0.152. The minimum atomic E-state index is -1.06. The van der Waals surface area contributed by atoms with Crippen molar-refractivity contribution in [3.8, 4) is 5.75 Å². The van der Waals surface area contributed by atoms with E-state index >= 15 is 4.39 Å². The molecular formula is C29H26FNO5S. The van der Waals surface area contributed by atoms with Gasteiger partial charge in [0, 0.05) is 40.0 Å². The van der Waals surface area contributed by atoms with E-state index in [2.05, 4.69) is 0 Å². The summed E-state index contributed by atoms with van der Waals surface area (Å²) in [5.41, 5.74) is 1.51. The fourth-order valence-corrected chi connectivity index (χ4v) is 6.30. The van der Waals surface area contributed by atoms with Gasteiger partial charge in [-0.2, -0.15) is 0 Å². The molecule has 1 amide bonds. The SMILES string of the molecule is CCOC(=O)[C@@H]1C(=O)C2=C(C[C@H]1c1cccs1)N(c1ccccc1F)C(=O)C[C@H]2c1ccccc1OC. The van der Waals surface area contributed by atoms with Gasteiger partial charge < -0.3 is 9.47 Å². The van der Waals surface area contributed by atoms with Gasteiger partial charge in [0.05, 0.1) is 19.4 Å². The molecule has 2 heterocycles. The predicted octanol–water partition coefficient (Wildman–Crippen LogP) is 5.61. The molecule has 0 bridgehead atoms. The molecule has 0 saturated heterocycles. The van der Waals surface area contributed by atoms with Crippen molar-refractivity contribution in [1.29, 1.82) is 0 Å². The van der Waals surface area contributed by atoms with Gasteiger partial charge >= 0.3 is 5.97 Å². The number of hydrogen-bond acceptors (Lipinski definition) is 6. The van der Waals surface area contributed by atoms with E-state index in [0.717, 1.165) is 4.88 Å². The Morgan fingerprint density at radius 2 is 1.81 bits per heavy atom. The number of benzene rings is 2. The van der Waals surface area contributed by atoms with Gasteiger partial charge in [-0.05, 0) is 43.0 Å². The molecule has 1 aliphatic heterocycles. The Hall–Kier alpha value is -3.78. The van der Waals surface area contributed by atoms with Crippen LogP contribution in [0.5, 0.6) is 5.75 Å². The minimum Gasteiger partial charge on any atom is -0.496 e. The molecule has 6 nitrogen and oxygen atoms in total. The summed E-state index contributed by atoms with van der Waals surface area (Å²) in [7, 11) is 1.53. The molecule has 5 rings (SSSR count). The van der Waals surface area contributed by atoms with E-state index in [0.29, 0.717) is 22.6 Å². The summed E-state index contributed by atoms with van der Waals surface area (Å²) in [6, 6.07) is 17.0. The highest BCUT2D eigenvalue weighted by molar-refractivity contribution is 7.10. The Morgan fingerprint density at radius 1 is 1.05 bits per heavy atom. The summed E-state index contributed by atoms with van der Waals surface area (Å²) in [5.74, 6) is -3.59. The Balaban J connectivity index is 1.75. The summed E-state index contributed by atoms with van der Waals surface area (Å²) in [5, 5.41) is 1.88. The topological polar surface area (TPSA) is 72.9 Å². The molecule has 0 spiro atoms. The molecule has 8 heteroatoms. The number of nitrogens with zero attached hydrogens (tertiary/aromatic N) is 1. The maximum Gasteiger partial charge on any atom is 0.317 e. The number of ketones is 1. The number of amides is 1. The molecule has 0 saturated carbocycles. The first kappa shape index (κ1) is 24.9. The molecule has 1 aliphatic carbocycles. The summed E-state index contributed by atoms with van der Waals surface area (Å²) < 4.78 is 25.9. The number of methoxy groups -OCH3 is 1. The zero-order valence-electron chi connectivity index (χ0n) is 20.5. The lowest BCUT2D eigenvalue weighted by Gasteiger charge is -2.42. The van der Waals surface area contributed by atoms with E-state index in [1.54, 1.807) is 25.1 Å². The van der Waals surface area contributed by atoms with Crippen LogP contribution >= 0.6 is 11.3 Å². The van der Waals surface area contributed by atoms with Crippen molar-refractivity contribution >= 4 is 34.7 Å². The number of carbonyl (C=O) groups excluding carboxylic acids is 3. The van der Waals surface area contributed by atoms with Crippen LogP contribution < -0.4 is 9.64 Å². The first-order valence-electron chi connectivity index (χ1n) is 12.1. The quantitative estimate of drug-likeness (QED) is 0.313. The van der Waals surface area contributed by atoms with Crippen LogP contribution in [0.3, 0.4) is 0 Å². The van der Waals surface area contributed by atoms with Crippen molar-refractivity contribution in [3.05, 3.63) is 93.6 Å². The number of para-hydroxylation sites is 2. The van der Waals surface area contributed by atoms with E-state index in [4.69, 9.17) is 9.47 Å². The second kappa shape index (κ2) is 10.3. The lowest BCUT2D eigenvalue weighted by Crippen LogP contribution is -2.46. The van der Waals surface area contributed by atoms with Gasteiger partial charge in [-0.3, -0.25) is 19.3 Å². The number of anilines is 1. The molecule has 0 radical (unpaired) electrons. The normalized spacial score (nSPS) is 21.6.